The highest BCUT2D eigenvalue weighted by molar-refractivity contribution is 6.22. The van der Waals surface area contributed by atoms with Crippen molar-refractivity contribution in [3.63, 3.8) is 0 Å². The Kier molecular flexibility index (Phi) is 5.54. The number of benzene rings is 1. The Balaban J connectivity index is 1.49. The second-order valence-corrected chi connectivity index (χ2v) is 6.44. The smallest absolute Gasteiger partial charge is 0.410 e. The first kappa shape index (κ1) is 18.6. The van der Waals surface area contributed by atoms with E-state index in [-0.39, 0.29) is 19.2 Å². The van der Waals surface area contributed by atoms with Crippen molar-refractivity contribution in [1.29, 1.82) is 0 Å². The van der Waals surface area contributed by atoms with E-state index in [1.807, 2.05) is 0 Å². The molecule has 0 bridgehead atoms. The molecule has 3 rings (SSSR count). The van der Waals surface area contributed by atoms with Crippen molar-refractivity contribution in [3.05, 3.63) is 48.0 Å². The molecule has 2 aliphatic rings. The molecule has 4 amide bonds. The van der Waals surface area contributed by atoms with E-state index in [0.717, 1.165) is 4.90 Å². The van der Waals surface area contributed by atoms with Gasteiger partial charge in [0.2, 0.25) is 5.91 Å². The van der Waals surface area contributed by atoms with Gasteiger partial charge in [0.1, 0.15) is 13.2 Å². The molecule has 142 valence electrons. The number of piperidine rings is 1. The minimum absolute atomic E-state index is 0.115. The van der Waals surface area contributed by atoms with Crippen molar-refractivity contribution in [2.24, 2.45) is 0 Å². The molecule has 0 saturated carbocycles. The van der Waals surface area contributed by atoms with Crippen molar-refractivity contribution in [2.75, 3.05) is 26.2 Å². The molecule has 1 saturated heterocycles. The first-order valence-corrected chi connectivity index (χ1v) is 8.78. The van der Waals surface area contributed by atoms with Crippen LogP contribution in [0.2, 0.25) is 0 Å². The van der Waals surface area contributed by atoms with Gasteiger partial charge in [-0.15, -0.1) is 0 Å². The molecule has 27 heavy (non-hydrogen) atoms. The van der Waals surface area contributed by atoms with Gasteiger partial charge in [-0.3, -0.25) is 19.3 Å². The van der Waals surface area contributed by atoms with Gasteiger partial charge in [-0.05, 0) is 25.0 Å². The third-order valence-corrected chi connectivity index (χ3v) is 4.62. The largest absolute Gasteiger partial charge is 0.445 e. The number of hydrogen-bond acceptors (Lipinski definition) is 5. The summed E-state index contributed by atoms with van der Waals surface area (Å²) >= 11 is 0. The average molecular weight is 371 g/mol. The van der Waals surface area contributed by atoms with Crippen LogP contribution in [0.5, 0.6) is 0 Å². The Labute approximate surface area is 156 Å². The fourth-order valence-electron chi connectivity index (χ4n) is 3.23. The number of likely N-dealkylation sites (tertiary alicyclic amines) is 1. The Bertz CT molecular complexity index is 748. The summed E-state index contributed by atoms with van der Waals surface area (Å²) in [6, 6.07) is 6.41. The van der Waals surface area contributed by atoms with Crippen LogP contribution in [0.1, 0.15) is 33.6 Å². The van der Waals surface area contributed by atoms with E-state index in [1.165, 1.54) is 6.08 Å². The fourth-order valence-corrected chi connectivity index (χ4v) is 3.23. The van der Waals surface area contributed by atoms with Gasteiger partial charge in [0.15, 0.2) is 0 Å². The first-order chi connectivity index (χ1) is 13.0. The third kappa shape index (κ3) is 3.99. The molecule has 8 nitrogen and oxygen atoms in total. The van der Waals surface area contributed by atoms with E-state index < -0.39 is 23.8 Å². The summed E-state index contributed by atoms with van der Waals surface area (Å²) < 4.78 is 4.99. The van der Waals surface area contributed by atoms with Gasteiger partial charge in [-0.2, -0.15) is 0 Å². The standard InChI is InChI=1S/C19H21N3O5/c1-2-11-27-19(26)21-9-7-13(8-10-21)20-16(23)12-22-17(24)14-5-3-4-6-15(14)18(22)25/h2-6,13H,1,7-12H2,(H,20,23). The topological polar surface area (TPSA) is 96.0 Å². The Hall–Kier alpha value is -3.16. The Morgan fingerprint density at radius 1 is 1.15 bits per heavy atom. The molecule has 0 aliphatic carbocycles. The summed E-state index contributed by atoms with van der Waals surface area (Å²) in [5.74, 6) is -1.30. The van der Waals surface area contributed by atoms with E-state index in [4.69, 9.17) is 4.74 Å². The predicted octanol–water partition coefficient (Wildman–Crippen LogP) is 1.19. The van der Waals surface area contributed by atoms with Crippen LogP contribution in [0.4, 0.5) is 4.79 Å². The van der Waals surface area contributed by atoms with Gasteiger partial charge >= 0.3 is 6.09 Å². The van der Waals surface area contributed by atoms with Gasteiger partial charge in [0.05, 0.1) is 11.1 Å². The second-order valence-electron chi connectivity index (χ2n) is 6.44. The lowest BCUT2D eigenvalue weighted by atomic mass is 10.1. The lowest BCUT2D eigenvalue weighted by molar-refractivity contribution is -0.122. The Morgan fingerprint density at radius 3 is 2.30 bits per heavy atom. The number of nitrogens with one attached hydrogen (secondary N) is 1. The summed E-state index contributed by atoms with van der Waals surface area (Å²) in [6.45, 7) is 4.28. The maximum atomic E-state index is 12.3. The van der Waals surface area contributed by atoms with Crippen LogP contribution in [0.3, 0.4) is 0 Å². The summed E-state index contributed by atoms with van der Waals surface area (Å²) in [5, 5.41) is 2.84. The molecule has 1 fully saturated rings. The number of carbonyl (C=O) groups excluding carboxylic acids is 4. The number of nitrogens with zero attached hydrogens (tertiary/aromatic N) is 2. The third-order valence-electron chi connectivity index (χ3n) is 4.62. The molecule has 2 aliphatic heterocycles. The van der Waals surface area contributed by atoms with Crippen LogP contribution in [-0.4, -0.2) is 65.9 Å². The average Bonchev–Trinajstić information content (AvgIpc) is 2.92. The van der Waals surface area contributed by atoms with E-state index in [9.17, 15) is 19.2 Å². The number of amides is 4. The van der Waals surface area contributed by atoms with Gasteiger partial charge in [-0.25, -0.2) is 4.79 Å². The maximum absolute atomic E-state index is 12.3. The molecule has 0 atom stereocenters. The van der Waals surface area contributed by atoms with Crippen molar-refractivity contribution in [2.45, 2.75) is 18.9 Å². The SMILES string of the molecule is C=CCOC(=O)N1CCC(NC(=O)CN2C(=O)c3ccccc3C2=O)CC1. The van der Waals surface area contributed by atoms with E-state index in [1.54, 1.807) is 29.2 Å². The van der Waals surface area contributed by atoms with Crippen LogP contribution in [0.15, 0.2) is 36.9 Å². The van der Waals surface area contributed by atoms with Gasteiger partial charge in [-0.1, -0.05) is 24.8 Å². The zero-order valence-electron chi connectivity index (χ0n) is 14.8. The van der Waals surface area contributed by atoms with Crippen LogP contribution in [0, 0.1) is 0 Å². The molecular formula is C19H21N3O5. The van der Waals surface area contributed by atoms with E-state index >= 15 is 0 Å². The number of fused-ring (bicyclic) bond motifs is 1. The lowest BCUT2D eigenvalue weighted by Gasteiger charge is -2.31. The lowest BCUT2D eigenvalue weighted by Crippen LogP contribution is -2.49. The summed E-state index contributed by atoms with van der Waals surface area (Å²) in [7, 11) is 0. The molecular weight excluding hydrogens is 350 g/mol. The molecule has 0 spiro atoms. The molecule has 0 unspecified atom stereocenters. The summed E-state index contributed by atoms with van der Waals surface area (Å²) in [4.78, 5) is 51.2. The van der Waals surface area contributed by atoms with Gasteiger partial charge in [0.25, 0.3) is 11.8 Å². The predicted molar refractivity (Wildman–Crippen MR) is 96.1 cm³/mol. The molecule has 1 N–H and O–H groups in total. The highest BCUT2D eigenvalue weighted by Crippen LogP contribution is 2.22. The van der Waals surface area contributed by atoms with Gasteiger partial charge in [0, 0.05) is 19.1 Å². The van der Waals surface area contributed by atoms with Gasteiger partial charge < -0.3 is 15.0 Å². The van der Waals surface area contributed by atoms with Crippen LogP contribution in [0.25, 0.3) is 0 Å². The molecule has 1 aromatic carbocycles. The normalized spacial score (nSPS) is 16.9. The Morgan fingerprint density at radius 2 is 1.74 bits per heavy atom. The number of imide groups is 1. The zero-order chi connectivity index (χ0) is 19.4. The van der Waals surface area contributed by atoms with E-state index in [0.29, 0.717) is 37.1 Å². The summed E-state index contributed by atoms with van der Waals surface area (Å²) in [5.41, 5.74) is 0.642. The van der Waals surface area contributed by atoms with Crippen LogP contribution in [-0.2, 0) is 9.53 Å². The van der Waals surface area contributed by atoms with E-state index in [2.05, 4.69) is 11.9 Å². The van der Waals surface area contributed by atoms with Crippen molar-refractivity contribution < 1.29 is 23.9 Å². The maximum Gasteiger partial charge on any atom is 0.410 e. The zero-order valence-corrected chi connectivity index (χ0v) is 14.8. The minimum atomic E-state index is -0.453. The van der Waals surface area contributed by atoms with Crippen LogP contribution >= 0.6 is 0 Å². The molecule has 2 heterocycles. The van der Waals surface area contributed by atoms with Crippen molar-refractivity contribution in [3.8, 4) is 0 Å². The number of carbonyl (C=O) groups is 4. The first-order valence-electron chi connectivity index (χ1n) is 8.78. The number of hydrogen-bond donors (Lipinski definition) is 1. The molecule has 8 heteroatoms. The van der Waals surface area contributed by atoms with Crippen molar-refractivity contribution >= 4 is 23.8 Å². The highest BCUT2D eigenvalue weighted by Gasteiger charge is 2.36. The quantitative estimate of drug-likeness (QED) is 0.619. The second kappa shape index (κ2) is 8.03. The monoisotopic (exact) mass is 371 g/mol. The van der Waals surface area contributed by atoms with Crippen LogP contribution < -0.4 is 5.32 Å². The number of rotatable bonds is 5. The highest BCUT2D eigenvalue weighted by atomic mass is 16.6. The molecule has 0 radical (unpaired) electrons. The molecule has 1 aromatic rings. The fraction of sp³-hybridized carbons (Fsp3) is 0.368. The van der Waals surface area contributed by atoms with Crippen molar-refractivity contribution in [1.82, 2.24) is 15.1 Å². The molecule has 0 aromatic heterocycles. The number of ether oxygens (including phenoxy) is 1. The minimum Gasteiger partial charge on any atom is -0.445 e. The summed E-state index contributed by atoms with van der Waals surface area (Å²) in [6.07, 6.45) is 2.27.